The van der Waals surface area contributed by atoms with Crippen LogP contribution in [0, 0.1) is 6.92 Å². The van der Waals surface area contributed by atoms with Gasteiger partial charge < -0.3 is 9.84 Å². The van der Waals surface area contributed by atoms with E-state index in [4.69, 9.17) is 9.84 Å². The van der Waals surface area contributed by atoms with Gasteiger partial charge in [-0.1, -0.05) is 25.0 Å². The first kappa shape index (κ1) is 14.9. The largest absolute Gasteiger partial charge is 0.478 e. The maximum atomic E-state index is 11.1. The molecule has 110 valence electrons. The third-order valence-electron chi connectivity index (χ3n) is 3.21. The highest BCUT2D eigenvalue weighted by molar-refractivity contribution is 5.90. The molecule has 0 aliphatic heterocycles. The van der Waals surface area contributed by atoms with Crippen molar-refractivity contribution in [2.45, 2.75) is 33.6 Å². The van der Waals surface area contributed by atoms with E-state index in [0.29, 0.717) is 11.3 Å². The van der Waals surface area contributed by atoms with Crippen molar-refractivity contribution in [2.24, 2.45) is 0 Å². The molecule has 0 aliphatic carbocycles. The fourth-order valence-electron chi connectivity index (χ4n) is 2.02. The smallest absolute Gasteiger partial charge is 0.341 e. The van der Waals surface area contributed by atoms with Crippen LogP contribution in [0.3, 0.4) is 0 Å². The zero-order valence-corrected chi connectivity index (χ0v) is 12.3. The molecule has 1 heterocycles. The van der Waals surface area contributed by atoms with Crippen LogP contribution in [0.15, 0.2) is 18.2 Å². The van der Waals surface area contributed by atoms with E-state index in [-0.39, 0.29) is 11.6 Å². The topological polar surface area (TPSA) is 85.2 Å². The highest BCUT2D eigenvalue weighted by Gasteiger charge is 2.13. The Morgan fingerprint density at radius 1 is 1.19 bits per heavy atom. The van der Waals surface area contributed by atoms with Crippen molar-refractivity contribution < 1.29 is 14.6 Å². The summed E-state index contributed by atoms with van der Waals surface area (Å²) in [6.07, 6.45) is 1.50. The number of carboxylic acid groups (broad SMARTS) is 1. The lowest BCUT2D eigenvalue weighted by molar-refractivity contribution is 0.0695. The maximum absolute atomic E-state index is 11.1. The summed E-state index contributed by atoms with van der Waals surface area (Å²) < 4.78 is 5.59. The second-order valence-electron chi connectivity index (χ2n) is 4.53. The molecule has 0 bridgehead atoms. The fraction of sp³-hybridized carbons (Fsp3) is 0.333. The summed E-state index contributed by atoms with van der Waals surface area (Å²) in [5.41, 5.74) is 2.42. The molecule has 1 N–H and O–H groups in total. The number of carbonyl (C=O) groups is 1. The lowest BCUT2D eigenvalue weighted by Gasteiger charge is -2.10. The van der Waals surface area contributed by atoms with Gasteiger partial charge in [0.15, 0.2) is 0 Å². The van der Waals surface area contributed by atoms with Gasteiger partial charge in [0.05, 0.1) is 17.0 Å². The van der Waals surface area contributed by atoms with Gasteiger partial charge in [-0.15, -0.1) is 5.10 Å². The first-order chi connectivity index (χ1) is 10.1. The summed E-state index contributed by atoms with van der Waals surface area (Å²) in [6.45, 7) is 5.67. The standard InChI is InChI=1S/C15H17N3O3/c1-4-11-12(5-2)17-18-15(16-11)21-13-8-6-7-10(9(13)3)14(19)20/h6-8H,4-5H2,1-3H3,(H,19,20). The van der Waals surface area contributed by atoms with E-state index in [1.807, 2.05) is 13.8 Å². The Morgan fingerprint density at radius 3 is 2.52 bits per heavy atom. The van der Waals surface area contributed by atoms with Gasteiger partial charge in [-0.05, 0) is 31.9 Å². The van der Waals surface area contributed by atoms with E-state index in [1.54, 1.807) is 19.1 Å². The van der Waals surface area contributed by atoms with Gasteiger partial charge in [0.1, 0.15) is 5.75 Å². The number of aryl methyl sites for hydroxylation is 2. The van der Waals surface area contributed by atoms with Crippen LogP contribution in [-0.2, 0) is 12.8 Å². The minimum absolute atomic E-state index is 0.134. The highest BCUT2D eigenvalue weighted by Crippen LogP contribution is 2.25. The summed E-state index contributed by atoms with van der Waals surface area (Å²) in [5.74, 6) is -0.574. The quantitative estimate of drug-likeness (QED) is 0.910. The molecule has 2 aromatic rings. The third-order valence-corrected chi connectivity index (χ3v) is 3.21. The number of carboxylic acids is 1. The van der Waals surface area contributed by atoms with Crippen LogP contribution in [0.5, 0.6) is 11.8 Å². The molecule has 0 spiro atoms. The van der Waals surface area contributed by atoms with Crippen LogP contribution in [0.25, 0.3) is 0 Å². The monoisotopic (exact) mass is 287 g/mol. The summed E-state index contributed by atoms with van der Waals surface area (Å²) in [4.78, 5) is 15.4. The van der Waals surface area contributed by atoms with Crippen molar-refractivity contribution in [2.75, 3.05) is 0 Å². The Balaban J connectivity index is 2.34. The maximum Gasteiger partial charge on any atom is 0.341 e. The number of nitrogens with zero attached hydrogens (tertiary/aromatic N) is 3. The lowest BCUT2D eigenvalue weighted by Crippen LogP contribution is -2.06. The minimum atomic E-state index is -0.993. The molecule has 0 amide bonds. The number of benzene rings is 1. The zero-order chi connectivity index (χ0) is 15.4. The van der Waals surface area contributed by atoms with Crippen molar-refractivity contribution >= 4 is 5.97 Å². The van der Waals surface area contributed by atoms with Crippen molar-refractivity contribution in [1.29, 1.82) is 0 Å². The van der Waals surface area contributed by atoms with E-state index in [2.05, 4.69) is 15.2 Å². The van der Waals surface area contributed by atoms with E-state index in [1.165, 1.54) is 6.07 Å². The third kappa shape index (κ3) is 3.16. The van der Waals surface area contributed by atoms with Crippen molar-refractivity contribution in [3.05, 3.63) is 40.7 Å². The Bertz CT molecular complexity index is 671. The van der Waals surface area contributed by atoms with Crippen LogP contribution >= 0.6 is 0 Å². The van der Waals surface area contributed by atoms with E-state index in [9.17, 15) is 4.79 Å². The predicted molar refractivity (Wildman–Crippen MR) is 76.8 cm³/mol. The van der Waals surface area contributed by atoms with Gasteiger partial charge in [0, 0.05) is 5.56 Å². The average molecular weight is 287 g/mol. The number of rotatable bonds is 5. The molecule has 6 nitrogen and oxygen atoms in total. The Morgan fingerprint density at radius 2 is 1.90 bits per heavy atom. The molecule has 21 heavy (non-hydrogen) atoms. The second kappa shape index (κ2) is 6.30. The summed E-state index contributed by atoms with van der Waals surface area (Å²) in [7, 11) is 0. The van der Waals surface area contributed by atoms with E-state index in [0.717, 1.165) is 24.2 Å². The molecule has 6 heteroatoms. The van der Waals surface area contributed by atoms with Gasteiger partial charge in [0.25, 0.3) is 0 Å². The van der Waals surface area contributed by atoms with Crippen molar-refractivity contribution in [3.63, 3.8) is 0 Å². The first-order valence-corrected chi connectivity index (χ1v) is 6.80. The van der Waals surface area contributed by atoms with Gasteiger partial charge in [-0.3, -0.25) is 0 Å². The van der Waals surface area contributed by atoms with Crippen LogP contribution in [0.2, 0.25) is 0 Å². The van der Waals surface area contributed by atoms with Crippen LogP contribution in [0.4, 0.5) is 0 Å². The van der Waals surface area contributed by atoms with Crippen LogP contribution in [0.1, 0.15) is 41.2 Å². The molecule has 0 aliphatic rings. The summed E-state index contributed by atoms with van der Waals surface area (Å²) in [6, 6.07) is 4.97. The SMILES string of the molecule is CCc1nnc(Oc2cccc(C(=O)O)c2C)nc1CC. The molecule has 2 rings (SSSR count). The normalized spacial score (nSPS) is 10.4. The summed E-state index contributed by atoms with van der Waals surface area (Å²) in [5, 5.41) is 17.1. The molecule has 0 saturated heterocycles. The molecule has 1 aromatic carbocycles. The molecule has 0 unspecified atom stereocenters. The molecule has 0 atom stereocenters. The first-order valence-electron chi connectivity index (χ1n) is 6.80. The van der Waals surface area contributed by atoms with Crippen LogP contribution < -0.4 is 4.74 Å². The van der Waals surface area contributed by atoms with Crippen molar-refractivity contribution in [3.8, 4) is 11.8 Å². The van der Waals surface area contributed by atoms with Gasteiger partial charge >= 0.3 is 12.0 Å². The summed E-state index contributed by atoms with van der Waals surface area (Å²) >= 11 is 0. The number of hydrogen-bond acceptors (Lipinski definition) is 5. The van der Waals surface area contributed by atoms with Crippen LogP contribution in [-0.4, -0.2) is 26.3 Å². The number of ether oxygens (including phenoxy) is 1. The Labute approximate surface area is 122 Å². The van der Waals surface area contributed by atoms with E-state index < -0.39 is 5.97 Å². The Kier molecular flexibility index (Phi) is 4.47. The van der Waals surface area contributed by atoms with Gasteiger partial charge in [0.2, 0.25) is 0 Å². The van der Waals surface area contributed by atoms with Gasteiger partial charge in [-0.2, -0.15) is 4.98 Å². The zero-order valence-electron chi connectivity index (χ0n) is 12.3. The number of hydrogen-bond donors (Lipinski definition) is 1. The molecular formula is C15H17N3O3. The predicted octanol–water partition coefficient (Wildman–Crippen LogP) is 2.80. The molecule has 0 saturated carbocycles. The molecular weight excluding hydrogens is 270 g/mol. The van der Waals surface area contributed by atoms with Crippen molar-refractivity contribution in [1.82, 2.24) is 15.2 Å². The average Bonchev–Trinajstić information content (AvgIpc) is 2.48. The lowest BCUT2D eigenvalue weighted by atomic mass is 10.1. The fourth-order valence-corrected chi connectivity index (χ4v) is 2.02. The highest BCUT2D eigenvalue weighted by atomic mass is 16.5. The Hall–Kier alpha value is -2.50. The second-order valence-corrected chi connectivity index (χ2v) is 4.53. The molecule has 0 radical (unpaired) electrons. The molecule has 0 fully saturated rings. The number of aromatic nitrogens is 3. The van der Waals surface area contributed by atoms with E-state index >= 15 is 0 Å². The molecule has 1 aromatic heterocycles. The minimum Gasteiger partial charge on any atom is -0.478 e. The van der Waals surface area contributed by atoms with Gasteiger partial charge in [-0.25, -0.2) is 4.79 Å². The number of aromatic carboxylic acids is 1.